The van der Waals surface area contributed by atoms with Crippen LogP contribution in [-0.2, 0) is 4.79 Å². The maximum atomic E-state index is 10.9. The van der Waals surface area contributed by atoms with Crippen LogP contribution in [0, 0.1) is 20.2 Å². The van der Waals surface area contributed by atoms with Gasteiger partial charge in [0, 0.05) is 18.5 Å². The minimum absolute atomic E-state index is 0.0745. The largest absolute Gasteiger partial charge is 0.481 e. The van der Waals surface area contributed by atoms with E-state index in [4.69, 9.17) is 5.11 Å². The molecule has 0 aliphatic heterocycles. The van der Waals surface area contributed by atoms with Crippen molar-refractivity contribution in [3.05, 3.63) is 38.4 Å². The molecule has 1 rings (SSSR count). The SMILES string of the molecule is CC(CCC(=O)O)Nc1ccc([N+](=O)[O-])cc1[N+](=O)[O-]. The van der Waals surface area contributed by atoms with Gasteiger partial charge in [-0.15, -0.1) is 0 Å². The van der Waals surface area contributed by atoms with E-state index in [0.717, 1.165) is 12.1 Å². The highest BCUT2D eigenvalue weighted by Crippen LogP contribution is 2.29. The Kier molecular flexibility index (Phi) is 4.95. The summed E-state index contributed by atoms with van der Waals surface area (Å²) < 4.78 is 0. The molecule has 9 nitrogen and oxygen atoms in total. The molecule has 0 saturated carbocycles. The zero-order chi connectivity index (χ0) is 15.3. The fourth-order valence-corrected chi connectivity index (χ4v) is 1.58. The number of rotatable bonds is 7. The fourth-order valence-electron chi connectivity index (χ4n) is 1.58. The second-order valence-corrected chi connectivity index (χ2v) is 4.19. The number of carboxylic acids is 1. The first-order chi connectivity index (χ1) is 9.31. The van der Waals surface area contributed by atoms with E-state index in [1.54, 1.807) is 6.92 Å². The smallest absolute Gasteiger partial charge is 0.303 e. The first kappa shape index (κ1) is 15.3. The zero-order valence-electron chi connectivity index (χ0n) is 10.6. The van der Waals surface area contributed by atoms with Gasteiger partial charge in [-0.3, -0.25) is 25.0 Å². The Labute approximate surface area is 113 Å². The Hall–Kier alpha value is -2.71. The van der Waals surface area contributed by atoms with Crippen LogP contribution in [0.5, 0.6) is 0 Å². The first-order valence-corrected chi connectivity index (χ1v) is 5.72. The number of non-ortho nitro benzene ring substituents is 1. The summed E-state index contributed by atoms with van der Waals surface area (Å²) in [6.45, 7) is 1.67. The number of carboxylic acid groups (broad SMARTS) is 1. The maximum absolute atomic E-state index is 10.9. The molecule has 0 fully saturated rings. The van der Waals surface area contributed by atoms with Crippen LogP contribution in [0.25, 0.3) is 0 Å². The number of hydrogen-bond acceptors (Lipinski definition) is 6. The average molecular weight is 283 g/mol. The van der Waals surface area contributed by atoms with Crippen molar-refractivity contribution in [2.24, 2.45) is 0 Å². The topological polar surface area (TPSA) is 136 Å². The van der Waals surface area contributed by atoms with Crippen molar-refractivity contribution < 1.29 is 19.7 Å². The van der Waals surface area contributed by atoms with E-state index in [0.29, 0.717) is 0 Å². The monoisotopic (exact) mass is 283 g/mol. The highest BCUT2D eigenvalue weighted by molar-refractivity contribution is 5.67. The Morgan fingerprint density at radius 2 is 2.00 bits per heavy atom. The number of nitrogens with one attached hydrogen (secondary N) is 1. The lowest BCUT2D eigenvalue weighted by molar-refractivity contribution is -0.393. The molecule has 0 heterocycles. The summed E-state index contributed by atoms with van der Waals surface area (Å²) in [5.74, 6) is -0.961. The van der Waals surface area contributed by atoms with Crippen molar-refractivity contribution in [1.82, 2.24) is 0 Å². The van der Waals surface area contributed by atoms with Crippen molar-refractivity contribution in [3.63, 3.8) is 0 Å². The van der Waals surface area contributed by atoms with E-state index in [-0.39, 0.29) is 30.3 Å². The molecule has 0 aromatic heterocycles. The van der Waals surface area contributed by atoms with Crippen LogP contribution in [-0.4, -0.2) is 27.0 Å². The Morgan fingerprint density at radius 1 is 1.35 bits per heavy atom. The number of benzene rings is 1. The molecule has 0 aliphatic rings. The zero-order valence-corrected chi connectivity index (χ0v) is 10.6. The van der Waals surface area contributed by atoms with Gasteiger partial charge in [-0.25, -0.2) is 0 Å². The van der Waals surface area contributed by atoms with E-state index in [1.807, 2.05) is 0 Å². The number of anilines is 1. The van der Waals surface area contributed by atoms with Crippen LogP contribution >= 0.6 is 0 Å². The molecule has 1 atom stereocenters. The Morgan fingerprint density at radius 3 is 2.50 bits per heavy atom. The van der Waals surface area contributed by atoms with Crippen LogP contribution in [0.15, 0.2) is 18.2 Å². The summed E-state index contributed by atoms with van der Waals surface area (Å²) in [7, 11) is 0. The highest BCUT2D eigenvalue weighted by Gasteiger charge is 2.20. The van der Waals surface area contributed by atoms with E-state index in [2.05, 4.69) is 5.32 Å². The quantitative estimate of drug-likeness (QED) is 0.578. The molecule has 0 radical (unpaired) electrons. The van der Waals surface area contributed by atoms with Crippen LogP contribution in [0.1, 0.15) is 19.8 Å². The summed E-state index contributed by atoms with van der Waals surface area (Å²) >= 11 is 0. The third-order valence-electron chi connectivity index (χ3n) is 2.58. The summed E-state index contributed by atoms with van der Waals surface area (Å²) in [5.41, 5.74) is -0.666. The molecule has 0 aliphatic carbocycles. The third kappa shape index (κ3) is 4.19. The lowest BCUT2D eigenvalue weighted by Gasteiger charge is -2.14. The van der Waals surface area contributed by atoms with Crippen LogP contribution in [0.3, 0.4) is 0 Å². The third-order valence-corrected chi connectivity index (χ3v) is 2.58. The minimum Gasteiger partial charge on any atom is -0.481 e. The molecule has 1 aromatic carbocycles. The molecule has 2 N–H and O–H groups in total. The van der Waals surface area contributed by atoms with Crippen LogP contribution < -0.4 is 5.32 Å². The van der Waals surface area contributed by atoms with Gasteiger partial charge in [-0.2, -0.15) is 0 Å². The second-order valence-electron chi connectivity index (χ2n) is 4.19. The lowest BCUT2D eigenvalue weighted by atomic mass is 10.1. The van der Waals surface area contributed by atoms with Gasteiger partial charge in [-0.05, 0) is 19.4 Å². The molecule has 108 valence electrons. The summed E-state index contributed by atoms with van der Waals surface area (Å²) in [5, 5.41) is 32.8. The fraction of sp³-hybridized carbons (Fsp3) is 0.364. The van der Waals surface area contributed by atoms with Gasteiger partial charge < -0.3 is 10.4 Å². The predicted octanol–water partition coefficient (Wildman–Crippen LogP) is 2.17. The number of carbonyl (C=O) groups is 1. The molecule has 0 saturated heterocycles. The van der Waals surface area contributed by atoms with Crippen molar-refractivity contribution in [2.75, 3.05) is 5.32 Å². The van der Waals surface area contributed by atoms with Gasteiger partial charge in [0.05, 0.1) is 15.9 Å². The van der Waals surface area contributed by atoms with Crippen molar-refractivity contribution in [1.29, 1.82) is 0 Å². The van der Waals surface area contributed by atoms with E-state index < -0.39 is 21.5 Å². The molecule has 1 aromatic rings. The van der Waals surface area contributed by atoms with Gasteiger partial charge in [0.25, 0.3) is 11.4 Å². The van der Waals surface area contributed by atoms with Crippen LogP contribution in [0.4, 0.5) is 17.1 Å². The summed E-state index contributed by atoms with van der Waals surface area (Å²) in [6, 6.07) is 2.95. The maximum Gasteiger partial charge on any atom is 0.303 e. The average Bonchev–Trinajstić information content (AvgIpc) is 2.36. The van der Waals surface area contributed by atoms with Crippen molar-refractivity contribution >= 4 is 23.0 Å². The number of nitro groups is 2. The van der Waals surface area contributed by atoms with E-state index in [9.17, 15) is 25.0 Å². The van der Waals surface area contributed by atoms with Gasteiger partial charge in [0.1, 0.15) is 5.69 Å². The van der Waals surface area contributed by atoms with Crippen molar-refractivity contribution in [3.8, 4) is 0 Å². The van der Waals surface area contributed by atoms with Gasteiger partial charge in [-0.1, -0.05) is 0 Å². The van der Waals surface area contributed by atoms with Crippen LogP contribution in [0.2, 0.25) is 0 Å². The number of aliphatic carboxylic acids is 1. The lowest BCUT2D eigenvalue weighted by Crippen LogP contribution is -2.17. The predicted molar refractivity (Wildman–Crippen MR) is 69.7 cm³/mol. The second kappa shape index (κ2) is 6.45. The highest BCUT2D eigenvalue weighted by atomic mass is 16.6. The standard InChI is InChI=1S/C11H13N3O6/c1-7(2-5-11(15)16)12-9-4-3-8(13(17)18)6-10(9)14(19)20/h3-4,6-7,12H,2,5H2,1H3,(H,15,16). The molecular weight excluding hydrogens is 270 g/mol. The molecule has 9 heteroatoms. The van der Waals surface area contributed by atoms with E-state index in [1.165, 1.54) is 6.07 Å². The van der Waals surface area contributed by atoms with Crippen molar-refractivity contribution in [2.45, 2.75) is 25.8 Å². The molecular formula is C11H13N3O6. The number of nitro benzene ring substituents is 2. The summed E-state index contributed by atoms with van der Waals surface area (Å²) in [6.07, 6.45) is 0.207. The Balaban J connectivity index is 2.91. The Bertz CT molecular complexity index is 545. The number of nitrogens with zero attached hydrogens (tertiary/aromatic N) is 2. The van der Waals surface area contributed by atoms with Gasteiger partial charge in [0.2, 0.25) is 0 Å². The molecule has 1 unspecified atom stereocenters. The molecule has 0 bridgehead atoms. The summed E-state index contributed by atoms with van der Waals surface area (Å²) in [4.78, 5) is 30.5. The molecule has 0 amide bonds. The van der Waals surface area contributed by atoms with E-state index >= 15 is 0 Å². The minimum atomic E-state index is -0.961. The van der Waals surface area contributed by atoms with Gasteiger partial charge in [0.15, 0.2) is 0 Å². The molecule has 20 heavy (non-hydrogen) atoms. The normalized spacial score (nSPS) is 11.7. The molecule has 0 spiro atoms. The van der Waals surface area contributed by atoms with Gasteiger partial charge >= 0.3 is 5.97 Å². The number of hydrogen-bond donors (Lipinski definition) is 2. The first-order valence-electron chi connectivity index (χ1n) is 5.72.